The molecule has 0 rings (SSSR count). The van der Waals surface area contributed by atoms with Crippen LogP contribution in [0, 0.1) is 10.8 Å². The molecule has 0 amide bonds. The van der Waals surface area contributed by atoms with Crippen molar-refractivity contribution in [2.75, 3.05) is 46.2 Å². The molecule has 0 aromatic carbocycles. The van der Waals surface area contributed by atoms with E-state index < -0.39 is 74.5 Å². The lowest BCUT2D eigenvalue weighted by Crippen LogP contribution is -2.75. The fraction of sp³-hybridized carbons (Fsp3) is 1.00. The fourth-order valence-corrected chi connectivity index (χ4v) is 3.95. The van der Waals surface area contributed by atoms with E-state index in [4.69, 9.17) is 9.47 Å². The maximum Gasteiger partial charge on any atom is 0.169 e. The molecule has 0 heterocycles. The Kier molecular flexibility index (Phi) is 12.7. The Morgan fingerprint density at radius 3 is 1.32 bits per heavy atom. The number of nitrogens with one attached hydrogen (secondary N) is 1. The van der Waals surface area contributed by atoms with E-state index in [9.17, 15) is 46.1 Å². The smallest absolute Gasteiger partial charge is 0.169 e. The van der Waals surface area contributed by atoms with Crippen LogP contribution in [0.25, 0.3) is 0 Å². The summed E-state index contributed by atoms with van der Waals surface area (Å²) in [5.41, 5.74) is -3.10. The molecule has 0 radical (unpaired) electrons. The Bertz CT molecular complexity index is 388. The van der Waals surface area contributed by atoms with Crippen molar-refractivity contribution in [2.45, 2.75) is 44.6 Å². The SMILES string of the molecule is CCOC(OCC)C(C(O)CO)(C(O)CO)C(CNO)(C(O)CO)C(O)CO. The summed E-state index contributed by atoms with van der Waals surface area (Å²) in [6.07, 6.45) is -9.63. The highest BCUT2D eigenvalue weighted by molar-refractivity contribution is 5.14. The molecule has 12 nitrogen and oxygen atoms in total. The van der Waals surface area contributed by atoms with Crippen LogP contribution in [-0.4, -0.2) is 123 Å². The highest BCUT2D eigenvalue weighted by Crippen LogP contribution is 2.53. The van der Waals surface area contributed by atoms with Gasteiger partial charge in [0.2, 0.25) is 0 Å². The number of rotatable bonds is 16. The van der Waals surface area contributed by atoms with Gasteiger partial charge >= 0.3 is 0 Å². The molecule has 0 bridgehead atoms. The number of ether oxygens (including phenoxy) is 2. The largest absolute Gasteiger partial charge is 0.394 e. The monoisotopic (exact) mass is 417 g/mol. The van der Waals surface area contributed by atoms with Crippen molar-refractivity contribution in [2.24, 2.45) is 10.8 Å². The maximum atomic E-state index is 10.8. The van der Waals surface area contributed by atoms with E-state index in [1.54, 1.807) is 19.3 Å². The first-order chi connectivity index (χ1) is 13.3. The molecule has 0 aliphatic heterocycles. The van der Waals surface area contributed by atoms with Gasteiger partial charge in [-0.05, 0) is 13.8 Å². The van der Waals surface area contributed by atoms with Gasteiger partial charge in [-0.3, -0.25) is 0 Å². The molecular formula is C16H35NO11. The van der Waals surface area contributed by atoms with Crippen molar-refractivity contribution >= 4 is 0 Å². The summed E-state index contributed by atoms with van der Waals surface area (Å²) in [4.78, 5) is 0. The number of hydroxylamine groups is 1. The van der Waals surface area contributed by atoms with Gasteiger partial charge < -0.3 is 55.5 Å². The van der Waals surface area contributed by atoms with Gasteiger partial charge in [-0.25, -0.2) is 5.48 Å². The fourth-order valence-electron chi connectivity index (χ4n) is 3.95. The van der Waals surface area contributed by atoms with E-state index in [-0.39, 0.29) is 13.2 Å². The molecule has 0 aliphatic rings. The van der Waals surface area contributed by atoms with E-state index >= 15 is 0 Å². The van der Waals surface area contributed by atoms with Gasteiger partial charge in [0.1, 0.15) is 0 Å². The van der Waals surface area contributed by atoms with Crippen LogP contribution in [0.15, 0.2) is 0 Å². The quantitative estimate of drug-likeness (QED) is 0.0854. The summed E-state index contributed by atoms with van der Waals surface area (Å²) >= 11 is 0. The van der Waals surface area contributed by atoms with E-state index in [0.29, 0.717) is 0 Å². The van der Waals surface area contributed by atoms with Crippen LogP contribution >= 0.6 is 0 Å². The van der Waals surface area contributed by atoms with Gasteiger partial charge in [-0.15, -0.1) is 0 Å². The standard InChI is InChI=1S/C16H35NO11/c1-3-27-14(28-4-2)16(12(24)7-20,13(25)8-21)15(9-17-26,10(22)5-18)11(23)6-19/h10-14,17-26H,3-9H2,1-2H3. The summed E-state index contributed by atoms with van der Waals surface area (Å²) in [6.45, 7) is -1.97. The van der Waals surface area contributed by atoms with Crippen LogP contribution in [0.4, 0.5) is 0 Å². The highest BCUT2D eigenvalue weighted by atomic mass is 16.7. The van der Waals surface area contributed by atoms with Gasteiger partial charge in [0.25, 0.3) is 0 Å². The Hall–Kier alpha value is -0.480. The minimum atomic E-state index is -2.43. The van der Waals surface area contributed by atoms with E-state index in [1.807, 2.05) is 0 Å². The number of aliphatic hydroxyl groups is 8. The second-order valence-electron chi connectivity index (χ2n) is 6.34. The van der Waals surface area contributed by atoms with Gasteiger partial charge in [-0.1, -0.05) is 0 Å². The predicted octanol–water partition coefficient (Wildman–Crippen LogP) is -4.25. The van der Waals surface area contributed by atoms with Crippen molar-refractivity contribution in [1.82, 2.24) is 5.48 Å². The van der Waals surface area contributed by atoms with Crippen molar-refractivity contribution in [1.29, 1.82) is 0 Å². The first-order valence-corrected chi connectivity index (χ1v) is 9.02. The lowest BCUT2D eigenvalue weighted by Gasteiger charge is -2.59. The Morgan fingerprint density at radius 1 is 0.714 bits per heavy atom. The first kappa shape index (κ1) is 27.5. The molecule has 4 atom stereocenters. The summed E-state index contributed by atoms with van der Waals surface area (Å²) < 4.78 is 11.0. The Labute approximate surface area is 163 Å². The minimum Gasteiger partial charge on any atom is -0.394 e. The second kappa shape index (κ2) is 13.0. The third-order valence-corrected chi connectivity index (χ3v) is 5.19. The average molecular weight is 417 g/mol. The second-order valence-corrected chi connectivity index (χ2v) is 6.34. The lowest BCUT2D eigenvalue weighted by molar-refractivity contribution is -0.341. The lowest BCUT2D eigenvalue weighted by atomic mass is 9.52. The van der Waals surface area contributed by atoms with Crippen LogP contribution in [0.1, 0.15) is 13.8 Å². The zero-order chi connectivity index (χ0) is 22.0. The molecule has 10 N–H and O–H groups in total. The summed E-state index contributed by atoms with van der Waals surface area (Å²) in [6, 6.07) is 0. The van der Waals surface area contributed by atoms with E-state index in [1.165, 1.54) is 0 Å². The van der Waals surface area contributed by atoms with Crippen molar-refractivity contribution < 1.29 is 55.5 Å². The molecule has 28 heavy (non-hydrogen) atoms. The van der Waals surface area contributed by atoms with Crippen LogP contribution in [0.5, 0.6) is 0 Å². The zero-order valence-corrected chi connectivity index (χ0v) is 16.2. The number of aliphatic hydroxyl groups excluding tert-OH is 8. The van der Waals surface area contributed by atoms with Crippen molar-refractivity contribution in [3.05, 3.63) is 0 Å². The molecule has 170 valence electrons. The predicted molar refractivity (Wildman–Crippen MR) is 94.1 cm³/mol. The minimum absolute atomic E-state index is 0.0458. The van der Waals surface area contributed by atoms with Crippen LogP contribution in [0.3, 0.4) is 0 Å². The normalized spacial score (nSPS) is 21.0. The first-order valence-electron chi connectivity index (χ1n) is 9.02. The summed E-state index contributed by atoms with van der Waals surface area (Å²) in [5, 5.41) is 90.9. The molecule has 12 heteroatoms. The van der Waals surface area contributed by atoms with Crippen molar-refractivity contribution in [3.8, 4) is 0 Å². The highest BCUT2D eigenvalue weighted by Gasteiger charge is 2.69. The molecule has 0 aromatic heterocycles. The third kappa shape index (κ3) is 4.80. The zero-order valence-electron chi connectivity index (χ0n) is 16.2. The molecule has 0 fully saturated rings. The number of hydrogen-bond acceptors (Lipinski definition) is 12. The third-order valence-electron chi connectivity index (χ3n) is 5.19. The van der Waals surface area contributed by atoms with Crippen LogP contribution in [0.2, 0.25) is 0 Å². The number of hydrogen-bond donors (Lipinski definition) is 10. The van der Waals surface area contributed by atoms with Gasteiger partial charge in [-0.2, -0.15) is 0 Å². The molecular weight excluding hydrogens is 382 g/mol. The summed E-state index contributed by atoms with van der Waals surface area (Å²) in [7, 11) is 0. The van der Waals surface area contributed by atoms with Crippen molar-refractivity contribution in [3.63, 3.8) is 0 Å². The molecule has 0 spiro atoms. The maximum absolute atomic E-state index is 10.8. The average Bonchev–Trinajstić information content (AvgIpc) is 2.71. The molecule has 0 saturated heterocycles. The molecule has 0 aliphatic carbocycles. The van der Waals surface area contributed by atoms with E-state index in [0.717, 1.165) is 0 Å². The molecule has 4 unspecified atom stereocenters. The molecule has 0 aromatic rings. The van der Waals surface area contributed by atoms with Gasteiger partial charge in [0.05, 0.1) is 61.7 Å². The van der Waals surface area contributed by atoms with Gasteiger partial charge in [0.15, 0.2) is 6.29 Å². The van der Waals surface area contributed by atoms with E-state index in [2.05, 4.69) is 0 Å². The summed E-state index contributed by atoms with van der Waals surface area (Å²) in [5.74, 6) is 0. The molecule has 0 saturated carbocycles. The van der Waals surface area contributed by atoms with Gasteiger partial charge in [0, 0.05) is 19.8 Å². The van der Waals surface area contributed by atoms with Crippen LogP contribution < -0.4 is 5.48 Å². The Morgan fingerprint density at radius 2 is 1.07 bits per heavy atom. The Balaban J connectivity index is 7.24. The topological polar surface area (TPSA) is 213 Å². The van der Waals surface area contributed by atoms with Crippen LogP contribution in [-0.2, 0) is 9.47 Å².